The average molecular weight is 235 g/mol. The second-order valence-electron chi connectivity index (χ2n) is 3.29. The summed E-state index contributed by atoms with van der Waals surface area (Å²) in [6.45, 7) is 1.91. The number of thiazole rings is 1. The fraction of sp³-hybridized carbons (Fsp3) is 0.0909. The second-order valence-corrected chi connectivity index (χ2v) is 4.29. The maximum atomic E-state index is 10.8. The van der Waals surface area contributed by atoms with Crippen molar-refractivity contribution in [1.82, 2.24) is 4.98 Å². The fourth-order valence-corrected chi connectivity index (χ4v) is 2.27. The van der Waals surface area contributed by atoms with Crippen molar-refractivity contribution in [3.63, 3.8) is 0 Å². The zero-order chi connectivity index (χ0) is 11.7. The molecule has 1 aromatic heterocycles. The van der Waals surface area contributed by atoms with Crippen LogP contribution in [0.25, 0.3) is 10.6 Å². The van der Waals surface area contributed by atoms with Crippen LogP contribution < -0.4 is 0 Å². The van der Waals surface area contributed by atoms with E-state index in [1.807, 2.05) is 31.2 Å². The van der Waals surface area contributed by atoms with Crippen molar-refractivity contribution in [2.75, 3.05) is 0 Å². The Kier molecular flexibility index (Phi) is 2.62. The van der Waals surface area contributed by atoms with E-state index in [1.54, 1.807) is 0 Å². The third-order valence-corrected chi connectivity index (χ3v) is 3.24. The minimum absolute atomic E-state index is 0.127. The third kappa shape index (κ3) is 1.77. The van der Waals surface area contributed by atoms with Crippen LogP contribution in [0, 0.1) is 6.92 Å². The molecule has 2 rings (SSSR count). The van der Waals surface area contributed by atoms with E-state index in [9.17, 15) is 9.90 Å². The van der Waals surface area contributed by atoms with Crippen LogP contribution in [0.15, 0.2) is 24.3 Å². The number of aromatic hydroxyl groups is 1. The van der Waals surface area contributed by atoms with E-state index in [0.717, 1.165) is 22.5 Å². The van der Waals surface area contributed by atoms with Crippen LogP contribution in [0.2, 0.25) is 0 Å². The van der Waals surface area contributed by atoms with Crippen LogP contribution in [0.5, 0.6) is 5.88 Å². The van der Waals surface area contributed by atoms with Crippen molar-refractivity contribution in [3.8, 4) is 16.5 Å². The molecule has 0 aliphatic carbocycles. The lowest BCUT2D eigenvalue weighted by Gasteiger charge is -1.99. The lowest BCUT2D eigenvalue weighted by molar-refractivity contribution is 0.0699. The molecule has 0 saturated carbocycles. The predicted octanol–water partition coefficient (Wildman–Crippen LogP) is 2.52. The van der Waals surface area contributed by atoms with E-state index >= 15 is 0 Å². The van der Waals surface area contributed by atoms with Gasteiger partial charge in [-0.05, 0) is 12.5 Å². The number of carboxylic acids is 1. The Bertz CT molecular complexity index is 548. The Morgan fingerprint density at radius 1 is 1.38 bits per heavy atom. The molecule has 1 aromatic carbocycles. The van der Waals surface area contributed by atoms with Gasteiger partial charge in [0, 0.05) is 5.56 Å². The summed E-state index contributed by atoms with van der Waals surface area (Å²) in [5.74, 6) is -1.58. The summed E-state index contributed by atoms with van der Waals surface area (Å²) >= 11 is 0.974. The van der Waals surface area contributed by atoms with Crippen molar-refractivity contribution in [3.05, 3.63) is 34.7 Å². The van der Waals surface area contributed by atoms with Gasteiger partial charge in [0.15, 0.2) is 4.88 Å². The van der Waals surface area contributed by atoms with Crippen molar-refractivity contribution in [2.45, 2.75) is 6.92 Å². The topological polar surface area (TPSA) is 70.4 Å². The molecule has 0 aliphatic rings. The molecule has 0 atom stereocenters. The number of aryl methyl sites for hydroxylation is 1. The maximum absolute atomic E-state index is 10.8. The minimum atomic E-state index is -1.16. The lowest BCUT2D eigenvalue weighted by Crippen LogP contribution is -1.91. The molecule has 1 heterocycles. The monoisotopic (exact) mass is 235 g/mol. The molecule has 5 heteroatoms. The quantitative estimate of drug-likeness (QED) is 0.839. The van der Waals surface area contributed by atoms with Crippen LogP contribution in [0.3, 0.4) is 0 Å². The van der Waals surface area contributed by atoms with Crippen LogP contribution in [0.1, 0.15) is 15.2 Å². The van der Waals surface area contributed by atoms with Crippen LogP contribution in [-0.4, -0.2) is 21.2 Å². The van der Waals surface area contributed by atoms with Crippen molar-refractivity contribution >= 4 is 17.3 Å². The molecule has 0 saturated heterocycles. The smallest absolute Gasteiger partial charge is 0.351 e. The third-order valence-electron chi connectivity index (χ3n) is 2.18. The molecule has 16 heavy (non-hydrogen) atoms. The lowest BCUT2D eigenvalue weighted by atomic mass is 10.1. The number of aromatic nitrogens is 1. The normalized spacial score (nSPS) is 10.3. The highest BCUT2D eigenvalue weighted by atomic mass is 32.1. The number of aromatic carboxylic acids is 1. The molecule has 2 N–H and O–H groups in total. The first kappa shape index (κ1) is 10.6. The molecule has 0 fully saturated rings. The molecule has 4 nitrogen and oxygen atoms in total. The van der Waals surface area contributed by atoms with Gasteiger partial charge < -0.3 is 10.2 Å². The van der Waals surface area contributed by atoms with E-state index in [-0.39, 0.29) is 4.88 Å². The summed E-state index contributed by atoms with van der Waals surface area (Å²) in [7, 11) is 0. The summed E-state index contributed by atoms with van der Waals surface area (Å²) in [6, 6.07) is 7.50. The molecular formula is C11H9NO3S. The van der Waals surface area contributed by atoms with E-state index in [0.29, 0.717) is 5.01 Å². The number of carbonyl (C=O) groups is 1. The largest absolute Gasteiger partial charge is 0.492 e. The summed E-state index contributed by atoms with van der Waals surface area (Å²) in [6.07, 6.45) is 0. The second kappa shape index (κ2) is 3.94. The molecule has 0 amide bonds. The number of carboxylic acid groups (broad SMARTS) is 1. The van der Waals surface area contributed by atoms with E-state index in [4.69, 9.17) is 5.11 Å². The van der Waals surface area contributed by atoms with Gasteiger partial charge in [-0.3, -0.25) is 0 Å². The van der Waals surface area contributed by atoms with Gasteiger partial charge in [-0.2, -0.15) is 0 Å². The number of hydrogen-bond acceptors (Lipinski definition) is 4. The highest BCUT2D eigenvalue weighted by Crippen LogP contribution is 2.33. The molecule has 0 spiro atoms. The highest BCUT2D eigenvalue weighted by Gasteiger charge is 2.18. The molecule has 0 unspecified atom stereocenters. The van der Waals surface area contributed by atoms with Gasteiger partial charge in [0.2, 0.25) is 5.88 Å². The number of nitrogens with zero attached hydrogens (tertiary/aromatic N) is 1. The van der Waals surface area contributed by atoms with Gasteiger partial charge in [-0.25, -0.2) is 9.78 Å². The average Bonchev–Trinajstić information content (AvgIpc) is 2.61. The van der Waals surface area contributed by atoms with Gasteiger partial charge in [0.05, 0.1) is 0 Å². The molecule has 0 aliphatic heterocycles. The maximum Gasteiger partial charge on any atom is 0.351 e. The Labute approximate surface area is 95.8 Å². The predicted molar refractivity (Wildman–Crippen MR) is 60.9 cm³/mol. The highest BCUT2D eigenvalue weighted by molar-refractivity contribution is 7.17. The Hall–Kier alpha value is -1.88. The molecule has 0 bridgehead atoms. The first-order valence-electron chi connectivity index (χ1n) is 4.58. The summed E-state index contributed by atoms with van der Waals surface area (Å²) in [5.41, 5.74) is 1.84. The molecular weight excluding hydrogens is 226 g/mol. The van der Waals surface area contributed by atoms with Crippen LogP contribution in [-0.2, 0) is 0 Å². The molecule has 0 radical (unpaired) electrons. The number of rotatable bonds is 2. The van der Waals surface area contributed by atoms with Crippen molar-refractivity contribution in [2.24, 2.45) is 0 Å². The van der Waals surface area contributed by atoms with Gasteiger partial charge in [-0.15, -0.1) is 11.3 Å². The Morgan fingerprint density at radius 2 is 2.06 bits per heavy atom. The van der Waals surface area contributed by atoms with E-state index in [1.165, 1.54) is 0 Å². The zero-order valence-corrected chi connectivity index (χ0v) is 9.28. The van der Waals surface area contributed by atoms with E-state index < -0.39 is 11.8 Å². The Morgan fingerprint density at radius 3 is 2.62 bits per heavy atom. The summed E-state index contributed by atoms with van der Waals surface area (Å²) < 4.78 is 0. The Balaban J connectivity index is 2.54. The van der Waals surface area contributed by atoms with E-state index in [2.05, 4.69) is 4.98 Å². The van der Waals surface area contributed by atoms with Crippen LogP contribution in [0.4, 0.5) is 0 Å². The van der Waals surface area contributed by atoms with Gasteiger partial charge in [0.25, 0.3) is 0 Å². The number of hydrogen-bond donors (Lipinski definition) is 2. The fourth-order valence-electron chi connectivity index (χ4n) is 1.38. The standard InChI is InChI=1S/C11H9NO3S/c1-6-4-2-3-5-7(6)10-12-9(13)8(16-10)11(14)15/h2-5,13H,1H3,(H,14,15). The minimum Gasteiger partial charge on any atom is -0.492 e. The summed E-state index contributed by atoms with van der Waals surface area (Å²) in [4.78, 5) is 14.5. The van der Waals surface area contributed by atoms with Gasteiger partial charge >= 0.3 is 5.97 Å². The van der Waals surface area contributed by atoms with Crippen molar-refractivity contribution < 1.29 is 15.0 Å². The molecule has 82 valence electrons. The molecule has 2 aromatic rings. The summed E-state index contributed by atoms with van der Waals surface area (Å²) in [5, 5.41) is 18.7. The van der Waals surface area contributed by atoms with Gasteiger partial charge in [-0.1, -0.05) is 24.3 Å². The van der Waals surface area contributed by atoms with Gasteiger partial charge in [0.1, 0.15) is 5.01 Å². The SMILES string of the molecule is Cc1ccccc1-c1nc(O)c(C(=O)O)s1. The first-order valence-corrected chi connectivity index (χ1v) is 5.40. The first-order chi connectivity index (χ1) is 7.59. The van der Waals surface area contributed by atoms with Crippen molar-refractivity contribution in [1.29, 1.82) is 0 Å². The number of benzene rings is 1. The zero-order valence-electron chi connectivity index (χ0n) is 8.47. The van der Waals surface area contributed by atoms with Crippen LogP contribution >= 0.6 is 11.3 Å².